The number of aliphatic carboxylic acids is 1. The molecule has 0 radical (unpaired) electrons. The normalized spacial score (nSPS) is 11.6. The topological polar surface area (TPSA) is 84.9 Å². The zero-order valence-corrected chi connectivity index (χ0v) is 12.5. The van der Waals surface area contributed by atoms with E-state index in [1.807, 2.05) is 6.92 Å². The van der Waals surface area contributed by atoms with Crippen LogP contribution in [0.4, 0.5) is 0 Å². The molecular formula is C15H21NO5. The van der Waals surface area contributed by atoms with Gasteiger partial charge in [0.15, 0.2) is 0 Å². The molecule has 1 atom stereocenters. The van der Waals surface area contributed by atoms with Crippen LogP contribution in [0.5, 0.6) is 11.5 Å². The van der Waals surface area contributed by atoms with Crippen molar-refractivity contribution in [1.29, 1.82) is 0 Å². The van der Waals surface area contributed by atoms with Gasteiger partial charge in [-0.05, 0) is 18.6 Å². The number of carboxylic acid groups (broad SMARTS) is 1. The number of nitrogens with one attached hydrogen (secondary N) is 1. The predicted molar refractivity (Wildman–Crippen MR) is 78.0 cm³/mol. The van der Waals surface area contributed by atoms with E-state index in [2.05, 4.69) is 5.32 Å². The molecule has 0 spiro atoms. The zero-order valence-electron chi connectivity index (χ0n) is 12.5. The molecule has 21 heavy (non-hydrogen) atoms. The minimum atomic E-state index is -0.944. The third-order valence-corrected chi connectivity index (χ3v) is 3.05. The largest absolute Gasteiger partial charge is 0.496 e. The second kappa shape index (κ2) is 8.14. The van der Waals surface area contributed by atoms with Crippen LogP contribution in [0.1, 0.15) is 36.5 Å². The van der Waals surface area contributed by atoms with Gasteiger partial charge >= 0.3 is 5.97 Å². The summed E-state index contributed by atoms with van der Waals surface area (Å²) < 4.78 is 10.3. The molecule has 6 nitrogen and oxygen atoms in total. The lowest BCUT2D eigenvalue weighted by atomic mass is 10.1. The molecule has 0 aliphatic rings. The molecule has 1 rings (SSSR count). The summed E-state index contributed by atoms with van der Waals surface area (Å²) in [5, 5.41) is 11.6. The summed E-state index contributed by atoms with van der Waals surface area (Å²) in [6, 6.07) is 4.61. The summed E-state index contributed by atoms with van der Waals surface area (Å²) in [4.78, 5) is 23.3. The molecule has 0 aromatic heterocycles. The van der Waals surface area contributed by atoms with Crippen molar-refractivity contribution in [3.8, 4) is 11.5 Å². The number of carbonyl (C=O) groups excluding carboxylic acids is 1. The Kier molecular flexibility index (Phi) is 6.52. The summed E-state index contributed by atoms with van der Waals surface area (Å²) >= 11 is 0. The quantitative estimate of drug-likeness (QED) is 0.767. The molecule has 116 valence electrons. The SMILES string of the molecule is CCCC(CC(=O)O)NC(=O)c1c(OC)cccc1OC. The monoisotopic (exact) mass is 295 g/mol. The van der Waals surface area contributed by atoms with Crippen molar-refractivity contribution in [2.45, 2.75) is 32.2 Å². The Balaban J connectivity index is 2.98. The molecule has 1 aromatic rings. The first-order valence-electron chi connectivity index (χ1n) is 6.77. The highest BCUT2D eigenvalue weighted by Gasteiger charge is 2.22. The highest BCUT2D eigenvalue weighted by molar-refractivity contribution is 6.00. The van der Waals surface area contributed by atoms with Crippen LogP contribution in [0.2, 0.25) is 0 Å². The number of carboxylic acids is 1. The highest BCUT2D eigenvalue weighted by Crippen LogP contribution is 2.28. The highest BCUT2D eigenvalue weighted by atomic mass is 16.5. The van der Waals surface area contributed by atoms with Gasteiger partial charge in [-0.15, -0.1) is 0 Å². The fourth-order valence-electron chi connectivity index (χ4n) is 2.12. The molecule has 0 aliphatic carbocycles. The average molecular weight is 295 g/mol. The first-order valence-corrected chi connectivity index (χ1v) is 6.77. The maximum absolute atomic E-state index is 12.4. The lowest BCUT2D eigenvalue weighted by Crippen LogP contribution is -2.36. The number of hydrogen-bond donors (Lipinski definition) is 2. The summed E-state index contributed by atoms with van der Waals surface area (Å²) in [6.07, 6.45) is 1.26. The van der Waals surface area contributed by atoms with Gasteiger partial charge in [-0.2, -0.15) is 0 Å². The second-order valence-electron chi connectivity index (χ2n) is 4.59. The number of ether oxygens (including phenoxy) is 2. The fraction of sp³-hybridized carbons (Fsp3) is 0.467. The van der Waals surface area contributed by atoms with E-state index in [0.29, 0.717) is 17.9 Å². The van der Waals surface area contributed by atoms with Crippen LogP contribution < -0.4 is 14.8 Å². The Morgan fingerprint density at radius 3 is 2.24 bits per heavy atom. The fourth-order valence-corrected chi connectivity index (χ4v) is 2.12. The molecule has 0 aliphatic heterocycles. The lowest BCUT2D eigenvalue weighted by molar-refractivity contribution is -0.137. The summed E-state index contributed by atoms with van der Waals surface area (Å²) in [6.45, 7) is 1.94. The van der Waals surface area contributed by atoms with Crippen LogP contribution in [0.3, 0.4) is 0 Å². The van der Waals surface area contributed by atoms with Crippen LogP contribution in [0.15, 0.2) is 18.2 Å². The zero-order chi connectivity index (χ0) is 15.8. The van der Waals surface area contributed by atoms with E-state index in [4.69, 9.17) is 14.6 Å². The van der Waals surface area contributed by atoms with Crippen LogP contribution in [-0.4, -0.2) is 37.2 Å². The minimum absolute atomic E-state index is 0.114. The lowest BCUT2D eigenvalue weighted by Gasteiger charge is -2.18. The molecule has 0 heterocycles. The van der Waals surface area contributed by atoms with Crippen LogP contribution in [0.25, 0.3) is 0 Å². The molecule has 2 N–H and O–H groups in total. The maximum atomic E-state index is 12.4. The molecule has 0 fully saturated rings. The van der Waals surface area contributed by atoms with Gasteiger partial charge < -0.3 is 19.9 Å². The second-order valence-corrected chi connectivity index (χ2v) is 4.59. The Labute approximate surface area is 124 Å². The van der Waals surface area contributed by atoms with Crippen LogP contribution in [-0.2, 0) is 4.79 Å². The number of methoxy groups -OCH3 is 2. The first-order chi connectivity index (χ1) is 10.0. The molecule has 0 bridgehead atoms. The Morgan fingerprint density at radius 1 is 1.24 bits per heavy atom. The van der Waals surface area contributed by atoms with E-state index in [1.165, 1.54) is 14.2 Å². The van der Waals surface area contributed by atoms with E-state index in [1.54, 1.807) is 18.2 Å². The van der Waals surface area contributed by atoms with E-state index in [0.717, 1.165) is 6.42 Å². The van der Waals surface area contributed by atoms with E-state index < -0.39 is 17.9 Å². The number of hydrogen-bond acceptors (Lipinski definition) is 4. The van der Waals surface area contributed by atoms with E-state index in [9.17, 15) is 9.59 Å². The minimum Gasteiger partial charge on any atom is -0.496 e. The van der Waals surface area contributed by atoms with Gasteiger partial charge in [0.2, 0.25) is 0 Å². The Hall–Kier alpha value is -2.24. The average Bonchev–Trinajstić information content (AvgIpc) is 2.45. The molecule has 1 aromatic carbocycles. The standard InChI is InChI=1S/C15H21NO5/c1-4-6-10(9-13(17)18)16-15(19)14-11(20-2)7-5-8-12(14)21-3/h5,7-8,10H,4,6,9H2,1-3H3,(H,16,19)(H,17,18). The molecule has 1 unspecified atom stereocenters. The van der Waals surface area contributed by atoms with Crippen molar-refractivity contribution in [3.63, 3.8) is 0 Å². The van der Waals surface area contributed by atoms with Crippen molar-refractivity contribution < 1.29 is 24.2 Å². The van der Waals surface area contributed by atoms with Gasteiger partial charge in [0, 0.05) is 6.04 Å². The van der Waals surface area contributed by atoms with Gasteiger partial charge in [0.25, 0.3) is 5.91 Å². The summed E-state index contributed by atoms with van der Waals surface area (Å²) in [5.41, 5.74) is 0.272. The van der Waals surface area contributed by atoms with Crippen molar-refractivity contribution in [1.82, 2.24) is 5.32 Å². The predicted octanol–water partition coefficient (Wildman–Crippen LogP) is 2.08. The third-order valence-electron chi connectivity index (χ3n) is 3.05. The summed E-state index contributed by atoms with van der Waals surface area (Å²) in [7, 11) is 2.93. The van der Waals surface area contributed by atoms with Gasteiger partial charge in [-0.1, -0.05) is 19.4 Å². The maximum Gasteiger partial charge on any atom is 0.305 e. The van der Waals surface area contributed by atoms with E-state index >= 15 is 0 Å². The van der Waals surface area contributed by atoms with Gasteiger partial charge in [-0.3, -0.25) is 9.59 Å². The van der Waals surface area contributed by atoms with Gasteiger partial charge in [-0.25, -0.2) is 0 Å². The van der Waals surface area contributed by atoms with Crippen molar-refractivity contribution in [2.24, 2.45) is 0 Å². The number of benzene rings is 1. The number of amides is 1. The third kappa shape index (κ3) is 4.66. The molecule has 1 amide bonds. The van der Waals surface area contributed by atoms with Crippen LogP contribution >= 0.6 is 0 Å². The Morgan fingerprint density at radius 2 is 1.81 bits per heavy atom. The molecule has 0 saturated carbocycles. The smallest absolute Gasteiger partial charge is 0.305 e. The van der Waals surface area contributed by atoms with Crippen molar-refractivity contribution >= 4 is 11.9 Å². The van der Waals surface area contributed by atoms with Crippen LogP contribution in [0, 0.1) is 0 Å². The number of carbonyl (C=O) groups is 2. The van der Waals surface area contributed by atoms with Crippen molar-refractivity contribution in [3.05, 3.63) is 23.8 Å². The number of rotatable bonds is 8. The Bertz CT molecular complexity index is 479. The van der Waals surface area contributed by atoms with E-state index in [-0.39, 0.29) is 12.0 Å². The molecule has 0 saturated heterocycles. The molecular weight excluding hydrogens is 274 g/mol. The summed E-state index contributed by atoms with van der Waals surface area (Å²) in [5.74, 6) is -0.570. The van der Waals surface area contributed by atoms with Gasteiger partial charge in [0.05, 0.1) is 20.6 Å². The first kappa shape index (κ1) is 16.8. The molecule has 6 heteroatoms. The van der Waals surface area contributed by atoms with Gasteiger partial charge in [0.1, 0.15) is 17.1 Å². The van der Waals surface area contributed by atoms with Crippen molar-refractivity contribution in [2.75, 3.05) is 14.2 Å².